The molecule has 384 valence electrons. The zero-order chi connectivity index (χ0) is 53.2. The molecule has 10 rings (SSSR count). The van der Waals surface area contributed by atoms with E-state index in [4.69, 9.17) is 45.8 Å². The maximum absolute atomic E-state index is 15.0. The second-order valence-electron chi connectivity index (χ2n) is 16.1. The number of aromatic nitrogens is 2. The van der Waals surface area contributed by atoms with Gasteiger partial charge in [-0.3, -0.25) is 24.6 Å². The van der Waals surface area contributed by atoms with E-state index in [1.807, 2.05) is 48.5 Å². The van der Waals surface area contributed by atoms with Crippen LogP contribution in [0.3, 0.4) is 0 Å². The van der Waals surface area contributed by atoms with Crippen LogP contribution >= 0.6 is 11.6 Å². The number of amides is 7. The smallest absolute Gasteiger partial charge is 0.332 e. The highest BCUT2D eigenvalue weighted by atomic mass is 35.5. The fraction of sp³-hybridized carbons (Fsp3) is 0.148. The lowest BCUT2D eigenvalue weighted by Crippen LogP contribution is -2.39. The van der Waals surface area contributed by atoms with Crippen molar-refractivity contribution in [3.05, 3.63) is 157 Å². The Labute approximate surface area is 433 Å². The number of benzene rings is 6. The van der Waals surface area contributed by atoms with E-state index in [-0.39, 0.29) is 29.8 Å². The van der Waals surface area contributed by atoms with Crippen LogP contribution in [0.2, 0.25) is 0 Å². The molecule has 2 aromatic heterocycles. The molecule has 2 aliphatic heterocycles. The Morgan fingerprint density at radius 3 is 1.41 bits per heavy atom. The molecule has 0 unspecified atom stereocenters. The highest BCUT2D eigenvalue weighted by Gasteiger charge is 2.35. The van der Waals surface area contributed by atoms with Crippen LogP contribution in [0, 0.1) is 11.6 Å². The average Bonchev–Trinajstić information content (AvgIpc) is 4.02. The van der Waals surface area contributed by atoms with Crippen molar-refractivity contribution < 1.29 is 56.4 Å². The second kappa shape index (κ2) is 23.4. The molecular weight excluding hydrogens is 994 g/mol. The number of imide groups is 2. The van der Waals surface area contributed by atoms with Gasteiger partial charge in [-0.25, -0.2) is 33.0 Å². The van der Waals surface area contributed by atoms with Gasteiger partial charge in [-0.1, -0.05) is 36.4 Å². The first-order chi connectivity index (χ1) is 36.3. The predicted octanol–water partition coefficient (Wildman–Crippen LogP) is 11.7. The lowest BCUT2D eigenvalue weighted by Gasteiger charge is -2.18. The van der Waals surface area contributed by atoms with Gasteiger partial charge in [0.2, 0.25) is 0 Å². The number of nitrogens with two attached hydrogens (primary N) is 1. The normalized spacial score (nSPS) is 12.9. The fourth-order valence-electron chi connectivity index (χ4n) is 7.88. The molecule has 0 bridgehead atoms. The number of urea groups is 3. The molecule has 6 aromatic carbocycles. The van der Waals surface area contributed by atoms with E-state index in [0.29, 0.717) is 87.3 Å². The molecule has 4 heterocycles. The molecule has 18 nitrogen and oxygen atoms in total. The standard InChI is InChI=1S/C27H23FN4O5.C17H15FN2O3.C10H9ClN2O2/c1-35-24-15-19-21(16-25(24)36-2)29-11-10-22(19)37-23-9-8-17(14-20(23)28)30-26(33)32-13-12-31(27(32)34)18-6-4-3-5-7-18;1-21-16-8-11-13(9-17(16)22-2)20-6-5-14(11)23-15-4-3-10(19)7-12(15)18;11-9(14)13-7-6-12(10(13)15)8-4-2-1-3-5-8/h3-11,14-16H,12-13H2,1-2H3,(H,30,33);3-9H,19H2,1-2H3;1-5H,6-7H2. The summed E-state index contributed by atoms with van der Waals surface area (Å²) in [4.78, 5) is 61.8. The molecule has 2 aliphatic rings. The van der Waals surface area contributed by atoms with E-state index < -0.39 is 29.1 Å². The third kappa shape index (κ3) is 11.8. The number of hydrogen-bond acceptors (Lipinski definition) is 13. The number of carbonyl (C=O) groups excluding carboxylic acids is 4. The number of methoxy groups -OCH3 is 4. The SMILES string of the molecule is COc1cc2nccc(Oc3ccc(N)cc3F)c2cc1OC.COc1cc2nccc(Oc3ccc(NC(=O)N4CCN(c5ccccc5)C4=O)cc3F)c2cc1OC.O=C(Cl)N1CCN(c2ccccc2)C1=O. The van der Waals surface area contributed by atoms with Gasteiger partial charge in [0.05, 0.1) is 46.0 Å². The summed E-state index contributed by atoms with van der Waals surface area (Å²) in [6.07, 6.45) is 3.13. The van der Waals surface area contributed by atoms with E-state index in [9.17, 15) is 28.0 Å². The number of rotatable bonds is 11. The molecule has 3 N–H and O–H groups in total. The maximum Gasteiger partial charge on any atom is 0.332 e. The molecule has 0 atom stereocenters. The van der Waals surface area contributed by atoms with E-state index in [2.05, 4.69) is 15.3 Å². The Balaban J connectivity index is 0.000000166. The number of anilines is 4. The summed E-state index contributed by atoms with van der Waals surface area (Å²) in [6.45, 7) is 1.41. The molecule has 2 saturated heterocycles. The Hall–Kier alpha value is -9.43. The van der Waals surface area contributed by atoms with Gasteiger partial charge in [-0.05, 0) is 84.4 Å². The maximum atomic E-state index is 15.0. The summed E-state index contributed by atoms with van der Waals surface area (Å²) in [6, 6.07) is 35.3. The largest absolute Gasteiger partial charge is 0.493 e. The topological polar surface area (TPSA) is 200 Å². The highest BCUT2D eigenvalue weighted by molar-refractivity contribution is 6.64. The minimum absolute atomic E-state index is 0.0483. The molecule has 0 spiro atoms. The van der Waals surface area contributed by atoms with Gasteiger partial charge in [0.15, 0.2) is 46.1 Å². The van der Waals surface area contributed by atoms with Crippen molar-refractivity contribution in [2.75, 3.05) is 75.5 Å². The minimum atomic E-state index is -0.724. The third-order valence-electron chi connectivity index (χ3n) is 11.6. The number of para-hydroxylation sites is 2. The van der Waals surface area contributed by atoms with Crippen molar-refractivity contribution in [3.63, 3.8) is 0 Å². The summed E-state index contributed by atoms with van der Waals surface area (Å²) >= 11 is 5.27. The summed E-state index contributed by atoms with van der Waals surface area (Å²) in [5, 5.41) is 3.14. The van der Waals surface area contributed by atoms with Crippen LogP contribution in [0.15, 0.2) is 146 Å². The first-order valence-corrected chi connectivity index (χ1v) is 23.2. The van der Waals surface area contributed by atoms with Crippen molar-refractivity contribution >= 4 is 79.6 Å². The van der Waals surface area contributed by atoms with Crippen LogP contribution < -0.4 is 49.3 Å². The van der Waals surface area contributed by atoms with Crippen LogP contribution in [-0.4, -0.2) is 97.8 Å². The van der Waals surface area contributed by atoms with Gasteiger partial charge in [-0.2, -0.15) is 0 Å². The number of halogens is 3. The van der Waals surface area contributed by atoms with Crippen molar-refractivity contribution in [1.29, 1.82) is 0 Å². The Morgan fingerprint density at radius 2 is 0.973 bits per heavy atom. The second-order valence-corrected chi connectivity index (χ2v) is 16.5. The molecule has 8 aromatic rings. The molecule has 0 saturated carbocycles. The summed E-state index contributed by atoms with van der Waals surface area (Å²) < 4.78 is 61.6. The fourth-order valence-corrected chi connectivity index (χ4v) is 8.04. The zero-order valence-electron chi connectivity index (χ0n) is 40.7. The number of fused-ring (bicyclic) bond motifs is 2. The van der Waals surface area contributed by atoms with Gasteiger partial charge < -0.3 is 39.5 Å². The quantitative estimate of drug-likeness (QED) is 0.0705. The molecular formula is C54H47ClF2N8O10. The van der Waals surface area contributed by atoms with Gasteiger partial charge in [0.1, 0.15) is 11.5 Å². The van der Waals surface area contributed by atoms with E-state index in [1.54, 1.807) is 81.2 Å². The molecule has 2 fully saturated rings. The van der Waals surface area contributed by atoms with Crippen LogP contribution in [0.4, 0.5) is 50.7 Å². The van der Waals surface area contributed by atoms with Crippen LogP contribution in [0.5, 0.6) is 46.0 Å². The summed E-state index contributed by atoms with van der Waals surface area (Å²) in [5.41, 5.74) is 8.78. The molecule has 7 amide bonds. The predicted molar refractivity (Wildman–Crippen MR) is 279 cm³/mol. The minimum Gasteiger partial charge on any atom is -0.493 e. The first-order valence-electron chi connectivity index (χ1n) is 22.8. The van der Waals surface area contributed by atoms with Gasteiger partial charge in [0.25, 0.3) is 0 Å². The van der Waals surface area contributed by atoms with Crippen LogP contribution in [0.25, 0.3) is 21.8 Å². The van der Waals surface area contributed by atoms with Crippen molar-refractivity contribution in [2.45, 2.75) is 0 Å². The summed E-state index contributed by atoms with van der Waals surface area (Å²) in [5.74, 6) is 1.72. The molecule has 75 heavy (non-hydrogen) atoms. The average molecular weight is 1040 g/mol. The Bertz CT molecular complexity index is 3400. The van der Waals surface area contributed by atoms with E-state index in [1.165, 1.54) is 48.3 Å². The Kier molecular flexibility index (Phi) is 16.2. The molecule has 0 radical (unpaired) electrons. The molecule has 21 heteroatoms. The van der Waals surface area contributed by atoms with Crippen molar-refractivity contribution in [1.82, 2.24) is 19.8 Å². The third-order valence-corrected chi connectivity index (χ3v) is 11.8. The van der Waals surface area contributed by atoms with E-state index >= 15 is 0 Å². The number of pyridine rings is 2. The van der Waals surface area contributed by atoms with Gasteiger partial charge >= 0.3 is 23.5 Å². The lowest BCUT2D eigenvalue weighted by molar-refractivity contribution is 0.208. The van der Waals surface area contributed by atoms with Crippen LogP contribution in [-0.2, 0) is 0 Å². The molecule has 0 aliphatic carbocycles. The van der Waals surface area contributed by atoms with Gasteiger partial charge in [0, 0.05) is 89.8 Å². The number of ether oxygens (including phenoxy) is 6. The first kappa shape index (κ1) is 51.9. The lowest BCUT2D eigenvalue weighted by atomic mass is 10.2. The van der Waals surface area contributed by atoms with Crippen molar-refractivity contribution in [2.24, 2.45) is 0 Å². The van der Waals surface area contributed by atoms with E-state index in [0.717, 1.165) is 21.6 Å². The number of nitrogens with zero attached hydrogens (tertiary/aromatic N) is 6. The summed E-state index contributed by atoms with van der Waals surface area (Å²) in [7, 11) is 6.13. The Morgan fingerprint density at radius 1 is 0.533 bits per heavy atom. The monoisotopic (exact) mass is 1040 g/mol. The number of nitrogen functional groups attached to an aromatic ring is 1. The number of nitrogens with one attached hydrogen (secondary N) is 1. The highest BCUT2D eigenvalue weighted by Crippen LogP contribution is 2.39. The number of hydrogen-bond donors (Lipinski definition) is 2. The number of carbonyl (C=O) groups is 4. The van der Waals surface area contributed by atoms with Gasteiger partial charge in [-0.15, -0.1) is 0 Å². The zero-order valence-corrected chi connectivity index (χ0v) is 41.4. The van der Waals surface area contributed by atoms with Crippen molar-refractivity contribution in [3.8, 4) is 46.0 Å². The van der Waals surface area contributed by atoms with Crippen LogP contribution in [0.1, 0.15) is 0 Å².